The van der Waals surface area contributed by atoms with E-state index in [1.165, 1.54) is 12.1 Å². The summed E-state index contributed by atoms with van der Waals surface area (Å²) in [4.78, 5) is 0. The predicted molar refractivity (Wildman–Crippen MR) is 68.7 cm³/mol. The molecule has 6 heteroatoms. The fourth-order valence-corrected chi connectivity index (χ4v) is 1.76. The summed E-state index contributed by atoms with van der Waals surface area (Å²) in [6.07, 6.45) is 1.64. The van der Waals surface area contributed by atoms with Gasteiger partial charge in [-0.2, -0.15) is 0 Å². The maximum Gasteiger partial charge on any atom is 0.249 e. The lowest BCUT2D eigenvalue weighted by molar-refractivity contribution is 0.473. The second kappa shape index (κ2) is 5.84. The quantitative estimate of drug-likeness (QED) is 0.813. The van der Waals surface area contributed by atoms with Crippen LogP contribution in [0.2, 0.25) is 5.02 Å². The molecule has 0 spiro atoms. The molecule has 5 nitrogen and oxygen atoms in total. The van der Waals surface area contributed by atoms with Crippen LogP contribution in [0.25, 0.3) is 11.5 Å². The standard InChI is InChI=1S/C12H14ClN3O2/c1-14-6-2-3-11-15-16-12(18-11)9-7-8(17)4-5-10(9)13/h4-5,7,14,17H,2-3,6H2,1H3. The van der Waals surface area contributed by atoms with Crippen LogP contribution in [0.1, 0.15) is 12.3 Å². The van der Waals surface area contributed by atoms with Gasteiger partial charge in [-0.15, -0.1) is 10.2 Å². The Bertz CT molecular complexity index is 528. The monoisotopic (exact) mass is 267 g/mol. The SMILES string of the molecule is CNCCCc1nnc(-c2cc(O)ccc2Cl)o1. The lowest BCUT2D eigenvalue weighted by Gasteiger charge is -1.99. The summed E-state index contributed by atoms with van der Waals surface area (Å²) in [7, 11) is 1.89. The molecule has 2 aromatic rings. The second-order valence-corrected chi connectivity index (χ2v) is 4.28. The maximum absolute atomic E-state index is 9.42. The topological polar surface area (TPSA) is 71.2 Å². The fraction of sp³-hybridized carbons (Fsp3) is 0.333. The average Bonchev–Trinajstić information content (AvgIpc) is 2.81. The zero-order chi connectivity index (χ0) is 13.0. The third-order valence-corrected chi connectivity index (χ3v) is 2.79. The number of phenols is 1. The van der Waals surface area contributed by atoms with Crippen molar-refractivity contribution in [2.75, 3.05) is 13.6 Å². The van der Waals surface area contributed by atoms with E-state index in [0.29, 0.717) is 28.8 Å². The van der Waals surface area contributed by atoms with Crippen molar-refractivity contribution in [3.63, 3.8) is 0 Å². The van der Waals surface area contributed by atoms with Crippen LogP contribution < -0.4 is 5.32 Å². The van der Waals surface area contributed by atoms with Crippen LogP contribution in [0.15, 0.2) is 22.6 Å². The van der Waals surface area contributed by atoms with E-state index in [4.69, 9.17) is 16.0 Å². The first-order valence-corrected chi connectivity index (χ1v) is 6.04. The number of aromatic nitrogens is 2. The number of hydrogen-bond donors (Lipinski definition) is 2. The van der Waals surface area contributed by atoms with Crippen LogP contribution in [0.4, 0.5) is 0 Å². The van der Waals surface area contributed by atoms with Gasteiger partial charge in [-0.3, -0.25) is 0 Å². The summed E-state index contributed by atoms with van der Waals surface area (Å²) in [6, 6.07) is 4.61. The van der Waals surface area contributed by atoms with Gasteiger partial charge in [-0.05, 0) is 38.2 Å². The molecular formula is C12H14ClN3O2. The molecule has 0 fully saturated rings. The van der Waals surface area contributed by atoms with E-state index < -0.39 is 0 Å². The summed E-state index contributed by atoms with van der Waals surface area (Å²) in [6.45, 7) is 0.893. The predicted octanol–water partition coefficient (Wildman–Crippen LogP) is 2.25. The van der Waals surface area contributed by atoms with Gasteiger partial charge in [0.2, 0.25) is 11.8 Å². The van der Waals surface area contributed by atoms with Crippen LogP contribution >= 0.6 is 11.6 Å². The molecule has 0 aliphatic carbocycles. The number of hydrogen-bond acceptors (Lipinski definition) is 5. The Labute approximate surface area is 110 Å². The van der Waals surface area contributed by atoms with E-state index in [-0.39, 0.29) is 5.75 Å². The van der Waals surface area contributed by atoms with Gasteiger partial charge in [0, 0.05) is 6.42 Å². The molecule has 1 heterocycles. The van der Waals surface area contributed by atoms with Gasteiger partial charge < -0.3 is 14.8 Å². The van der Waals surface area contributed by atoms with E-state index in [0.717, 1.165) is 13.0 Å². The smallest absolute Gasteiger partial charge is 0.249 e. The van der Waals surface area contributed by atoms with E-state index >= 15 is 0 Å². The van der Waals surface area contributed by atoms with Crippen molar-refractivity contribution in [3.05, 3.63) is 29.1 Å². The minimum absolute atomic E-state index is 0.115. The highest BCUT2D eigenvalue weighted by Crippen LogP contribution is 2.30. The number of phenolic OH excluding ortho intramolecular Hbond substituents is 1. The first-order chi connectivity index (χ1) is 8.70. The largest absolute Gasteiger partial charge is 0.508 e. The van der Waals surface area contributed by atoms with Gasteiger partial charge in [-0.25, -0.2) is 0 Å². The van der Waals surface area contributed by atoms with Gasteiger partial charge in [0.1, 0.15) is 5.75 Å². The molecule has 0 saturated carbocycles. The van der Waals surface area contributed by atoms with Crippen molar-refractivity contribution >= 4 is 11.6 Å². The molecule has 0 amide bonds. The Hall–Kier alpha value is -1.59. The van der Waals surface area contributed by atoms with E-state index in [9.17, 15) is 5.11 Å². The molecule has 1 aromatic heterocycles. The van der Waals surface area contributed by atoms with Gasteiger partial charge in [0.15, 0.2) is 0 Å². The van der Waals surface area contributed by atoms with Crippen LogP contribution in [-0.2, 0) is 6.42 Å². The minimum Gasteiger partial charge on any atom is -0.508 e. The van der Waals surface area contributed by atoms with Crippen LogP contribution in [0, 0.1) is 0 Å². The highest BCUT2D eigenvalue weighted by Gasteiger charge is 2.12. The molecule has 96 valence electrons. The van der Waals surface area contributed by atoms with Crippen molar-refractivity contribution in [1.82, 2.24) is 15.5 Å². The third kappa shape index (κ3) is 3.00. The van der Waals surface area contributed by atoms with Crippen molar-refractivity contribution in [1.29, 1.82) is 0 Å². The summed E-state index contributed by atoms with van der Waals surface area (Å²) in [5.74, 6) is 1.01. The Balaban J connectivity index is 2.16. The first-order valence-electron chi connectivity index (χ1n) is 5.66. The summed E-state index contributed by atoms with van der Waals surface area (Å²) in [5.41, 5.74) is 0.545. The molecule has 2 N–H and O–H groups in total. The van der Waals surface area contributed by atoms with Crippen molar-refractivity contribution < 1.29 is 9.52 Å². The molecule has 0 atom stereocenters. The summed E-state index contributed by atoms with van der Waals surface area (Å²) >= 11 is 6.02. The Morgan fingerprint density at radius 1 is 1.39 bits per heavy atom. The van der Waals surface area contributed by atoms with Gasteiger partial charge in [0.05, 0.1) is 10.6 Å². The zero-order valence-corrected chi connectivity index (χ0v) is 10.7. The van der Waals surface area contributed by atoms with Crippen LogP contribution in [-0.4, -0.2) is 28.9 Å². The van der Waals surface area contributed by atoms with Gasteiger partial charge in [0.25, 0.3) is 0 Å². The number of rotatable bonds is 5. The first kappa shape index (κ1) is 12.9. The molecule has 0 radical (unpaired) electrons. The normalized spacial score (nSPS) is 10.8. The number of halogens is 1. The van der Waals surface area contributed by atoms with Crippen molar-refractivity contribution in [2.45, 2.75) is 12.8 Å². The van der Waals surface area contributed by atoms with Gasteiger partial charge in [-0.1, -0.05) is 11.6 Å². The number of aryl methyl sites for hydroxylation is 1. The molecule has 0 bridgehead atoms. The summed E-state index contributed by atoms with van der Waals surface area (Å²) in [5, 5.41) is 20.8. The molecule has 0 unspecified atom stereocenters. The van der Waals surface area contributed by atoms with Crippen LogP contribution in [0.3, 0.4) is 0 Å². The molecule has 1 aromatic carbocycles. The average molecular weight is 268 g/mol. The van der Waals surface area contributed by atoms with E-state index in [1.807, 2.05) is 7.05 Å². The molecule has 0 aliphatic rings. The lowest BCUT2D eigenvalue weighted by atomic mass is 10.2. The number of aromatic hydroxyl groups is 1. The molecule has 0 saturated heterocycles. The van der Waals surface area contributed by atoms with Crippen LogP contribution in [0.5, 0.6) is 5.75 Å². The Morgan fingerprint density at radius 3 is 3.00 bits per heavy atom. The van der Waals surface area contributed by atoms with Crippen molar-refractivity contribution in [3.8, 4) is 17.2 Å². The number of benzene rings is 1. The third-order valence-electron chi connectivity index (χ3n) is 2.46. The van der Waals surface area contributed by atoms with E-state index in [2.05, 4.69) is 15.5 Å². The maximum atomic E-state index is 9.42. The zero-order valence-electron chi connectivity index (χ0n) is 9.98. The highest BCUT2D eigenvalue weighted by atomic mass is 35.5. The molecular weight excluding hydrogens is 254 g/mol. The van der Waals surface area contributed by atoms with E-state index in [1.54, 1.807) is 6.07 Å². The second-order valence-electron chi connectivity index (χ2n) is 3.87. The Kier molecular flexibility index (Phi) is 4.17. The van der Waals surface area contributed by atoms with Gasteiger partial charge >= 0.3 is 0 Å². The molecule has 0 aliphatic heterocycles. The fourth-order valence-electron chi connectivity index (χ4n) is 1.56. The molecule has 18 heavy (non-hydrogen) atoms. The highest BCUT2D eigenvalue weighted by molar-refractivity contribution is 6.33. The molecule has 2 rings (SSSR count). The minimum atomic E-state index is 0.115. The lowest BCUT2D eigenvalue weighted by Crippen LogP contribution is -2.08. The van der Waals surface area contributed by atoms with Crippen molar-refractivity contribution in [2.24, 2.45) is 0 Å². The number of nitrogens with one attached hydrogen (secondary N) is 1. The summed E-state index contributed by atoms with van der Waals surface area (Å²) < 4.78 is 5.51. The Morgan fingerprint density at radius 2 is 2.22 bits per heavy atom. The number of nitrogens with zero attached hydrogens (tertiary/aromatic N) is 2.